The number of carboxylic acid groups (broad SMARTS) is 1. The number of rotatable bonds is 7. The Morgan fingerprint density at radius 3 is 2.53 bits per heavy atom. The Morgan fingerprint density at radius 1 is 1.42 bits per heavy atom. The van der Waals surface area contributed by atoms with E-state index in [9.17, 15) is 13.2 Å². The summed E-state index contributed by atoms with van der Waals surface area (Å²) < 4.78 is 24.1. The van der Waals surface area contributed by atoms with Crippen LogP contribution in [0.15, 0.2) is 5.16 Å². The van der Waals surface area contributed by atoms with Gasteiger partial charge in [-0.25, -0.2) is 8.42 Å². The Morgan fingerprint density at radius 2 is 2.05 bits per heavy atom. The fourth-order valence-electron chi connectivity index (χ4n) is 1.43. The van der Waals surface area contributed by atoms with E-state index < -0.39 is 15.8 Å². The molecule has 0 amide bonds. The molecule has 108 valence electrons. The van der Waals surface area contributed by atoms with Gasteiger partial charge in [-0.3, -0.25) is 4.79 Å². The molecule has 9 heteroatoms. The number of aliphatic carboxylic acids is 1. The maximum Gasteiger partial charge on any atom is 0.313 e. The molecule has 0 fully saturated rings. The lowest BCUT2D eigenvalue weighted by Crippen LogP contribution is -2.15. The van der Waals surface area contributed by atoms with Gasteiger partial charge in [-0.2, -0.15) is 0 Å². The van der Waals surface area contributed by atoms with Gasteiger partial charge in [0.05, 0.1) is 11.5 Å². The van der Waals surface area contributed by atoms with E-state index in [0.717, 1.165) is 18.0 Å². The second-order valence-corrected chi connectivity index (χ2v) is 7.66. The summed E-state index contributed by atoms with van der Waals surface area (Å²) in [4.78, 5) is 10.6. The minimum atomic E-state index is -3.09. The summed E-state index contributed by atoms with van der Waals surface area (Å²) in [5.74, 6) is -0.350. The predicted molar refractivity (Wildman–Crippen MR) is 72.2 cm³/mol. The average Bonchev–Trinajstić information content (AvgIpc) is 2.65. The molecule has 19 heavy (non-hydrogen) atoms. The van der Waals surface area contributed by atoms with Crippen molar-refractivity contribution in [2.45, 2.75) is 31.5 Å². The molecule has 7 nitrogen and oxygen atoms in total. The fourth-order valence-corrected chi connectivity index (χ4v) is 2.63. The first-order valence-electron chi connectivity index (χ1n) is 5.66. The maximum atomic E-state index is 11.2. The van der Waals surface area contributed by atoms with Crippen molar-refractivity contribution >= 4 is 27.6 Å². The molecule has 1 heterocycles. The molecular formula is C10H17N3O4S2. The Balaban J connectivity index is 2.94. The average molecular weight is 307 g/mol. The number of aromatic nitrogens is 3. The normalized spacial score (nSPS) is 12.0. The zero-order valence-corrected chi connectivity index (χ0v) is 12.7. The van der Waals surface area contributed by atoms with E-state index in [1.165, 1.54) is 0 Å². The van der Waals surface area contributed by atoms with Crippen LogP contribution in [0.25, 0.3) is 0 Å². The number of sulfone groups is 1. The van der Waals surface area contributed by atoms with Crippen molar-refractivity contribution in [2.75, 3.05) is 17.8 Å². The van der Waals surface area contributed by atoms with Crippen LogP contribution < -0.4 is 0 Å². The number of thioether (sulfide) groups is 1. The smallest absolute Gasteiger partial charge is 0.313 e. The third-order valence-electron chi connectivity index (χ3n) is 2.27. The molecule has 1 aromatic rings. The van der Waals surface area contributed by atoms with Gasteiger partial charge in [-0.15, -0.1) is 10.2 Å². The summed E-state index contributed by atoms with van der Waals surface area (Å²) in [5, 5.41) is 17.0. The highest BCUT2D eigenvalue weighted by Gasteiger charge is 2.17. The van der Waals surface area contributed by atoms with E-state index >= 15 is 0 Å². The van der Waals surface area contributed by atoms with Crippen molar-refractivity contribution in [3.8, 4) is 0 Å². The fraction of sp³-hybridized carbons (Fsp3) is 0.700. The number of carboxylic acids is 1. The topological polar surface area (TPSA) is 102 Å². The summed E-state index contributed by atoms with van der Waals surface area (Å²) in [6.45, 7) is 4.08. The van der Waals surface area contributed by atoms with Crippen LogP contribution in [0.4, 0.5) is 0 Å². The van der Waals surface area contributed by atoms with Gasteiger partial charge in [0, 0.05) is 18.7 Å². The largest absolute Gasteiger partial charge is 0.481 e. The molecular weight excluding hydrogens is 290 g/mol. The number of hydrogen-bond donors (Lipinski definition) is 1. The Bertz CT molecular complexity index is 551. The van der Waals surface area contributed by atoms with Crippen LogP contribution in [-0.2, 0) is 21.2 Å². The van der Waals surface area contributed by atoms with Crippen LogP contribution in [0, 0.1) is 0 Å². The van der Waals surface area contributed by atoms with Crippen LogP contribution in [-0.4, -0.2) is 52.0 Å². The lowest BCUT2D eigenvalue weighted by Gasteiger charge is -2.10. The maximum absolute atomic E-state index is 11.2. The van der Waals surface area contributed by atoms with Gasteiger partial charge in [0.2, 0.25) is 0 Å². The zero-order valence-electron chi connectivity index (χ0n) is 11.0. The van der Waals surface area contributed by atoms with Crippen LogP contribution in [0.2, 0.25) is 0 Å². The Kier molecular flexibility index (Phi) is 5.36. The van der Waals surface area contributed by atoms with Crippen LogP contribution in [0.5, 0.6) is 0 Å². The summed E-state index contributed by atoms with van der Waals surface area (Å²) in [6, 6.07) is 0. The first-order valence-corrected chi connectivity index (χ1v) is 8.70. The molecule has 1 N–H and O–H groups in total. The summed E-state index contributed by atoms with van der Waals surface area (Å²) >= 11 is 1.04. The van der Waals surface area contributed by atoms with Gasteiger partial charge in [0.1, 0.15) is 15.7 Å². The molecule has 0 saturated heterocycles. The third kappa shape index (κ3) is 5.19. The predicted octanol–water partition coefficient (Wildman–Crippen LogP) is 0.623. The monoisotopic (exact) mass is 307 g/mol. The second-order valence-electron chi connectivity index (χ2n) is 4.46. The van der Waals surface area contributed by atoms with Crippen LogP contribution in [0.1, 0.15) is 25.6 Å². The molecule has 1 rings (SSSR count). The lowest BCUT2D eigenvalue weighted by atomic mass is 10.2. The lowest BCUT2D eigenvalue weighted by molar-refractivity contribution is -0.133. The Hall–Kier alpha value is -1.09. The quantitative estimate of drug-likeness (QED) is 0.737. The molecule has 0 atom stereocenters. The van der Waals surface area contributed by atoms with Crippen molar-refractivity contribution in [3.05, 3.63) is 5.82 Å². The second kappa shape index (κ2) is 6.38. The van der Waals surface area contributed by atoms with Gasteiger partial charge in [0.15, 0.2) is 5.16 Å². The van der Waals surface area contributed by atoms with Gasteiger partial charge in [-0.1, -0.05) is 25.6 Å². The molecule has 0 aliphatic heterocycles. The van der Waals surface area contributed by atoms with Crippen molar-refractivity contribution in [2.24, 2.45) is 0 Å². The van der Waals surface area contributed by atoms with Crippen molar-refractivity contribution in [3.63, 3.8) is 0 Å². The van der Waals surface area contributed by atoms with Gasteiger partial charge in [0.25, 0.3) is 0 Å². The summed E-state index contributed by atoms with van der Waals surface area (Å²) in [6.07, 6.45) is 1.16. The highest BCUT2D eigenvalue weighted by atomic mass is 32.2. The van der Waals surface area contributed by atoms with Gasteiger partial charge < -0.3 is 9.67 Å². The molecule has 0 spiro atoms. The number of carbonyl (C=O) groups is 1. The molecule has 0 saturated carbocycles. The number of nitrogens with zero attached hydrogens (tertiary/aromatic N) is 3. The minimum Gasteiger partial charge on any atom is -0.481 e. The van der Waals surface area contributed by atoms with Crippen molar-refractivity contribution in [1.82, 2.24) is 14.8 Å². The highest BCUT2D eigenvalue weighted by Crippen LogP contribution is 2.21. The standard InChI is InChI=1S/C10H17N3O4S2/c1-7(2)9-11-12-10(18-6-8(14)15)13(9)4-5-19(3,16)17/h7H,4-6H2,1-3H3,(H,14,15). The third-order valence-corrected chi connectivity index (χ3v) is 4.15. The molecule has 0 aromatic carbocycles. The molecule has 0 aliphatic carbocycles. The van der Waals surface area contributed by atoms with Crippen LogP contribution >= 0.6 is 11.8 Å². The first-order chi connectivity index (χ1) is 8.70. The van der Waals surface area contributed by atoms with Crippen molar-refractivity contribution in [1.29, 1.82) is 0 Å². The molecule has 0 aliphatic rings. The summed E-state index contributed by atoms with van der Waals surface area (Å²) in [7, 11) is -3.09. The van der Waals surface area contributed by atoms with E-state index in [-0.39, 0.29) is 24.0 Å². The van der Waals surface area contributed by atoms with Gasteiger partial charge in [-0.05, 0) is 0 Å². The van der Waals surface area contributed by atoms with Crippen molar-refractivity contribution < 1.29 is 18.3 Å². The minimum absolute atomic E-state index is 0.0224. The van der Waals surface area contributed by atoms with Crippen LogP contribution in [0.3, 0.4) is 0 Å². The van der Waals surface area contributed by atoms with E-state index in [4.69, 9.17) is 5.11 Å². The summed E-state index contributed by atoms with van der Waals surface area (Å²) in [5.41, 5.74) is 0. The molecule has 0 unspecified atom stereocenters. The van der Waals surface area contributed by atoms with Gasteiger partial charge >= 0.3 is 5.97 Å². The number of hydrogen-bond acceptors (Lipinski definition) is 6. The van der Waals surface area contributed by atoms with E-state index in [1.807, 2.05) is 13.8 Å². The Labute approximate surface area is 116 Å². The van der Waals surface area contributed by atoms with E-state index in [0.29, 0.717) is 11.0 Å². The SMILES string of the molecule is CC(C)c1nnc(SCC(=O)O)n1CCS(C)(=O)=O. The highest BCUT2D eigenvalue weighted by molar-refractivity contribution is 7.99. The van der Waals surface area contributed by atoms with E-state index in [1.54, 1.807) is 4.57 Å². The van der Waals surface area contributed by atoms with E-state index in [2.05, 4.69) is 10.2 Å². The first kappa shape index (κ1) is 16.0. The molecule has 0 radical (unpaired) electrons. The molecule has 1 aromatic heterocycles. The zero-order chi connectivity index (χ0) is 14.6. The molecule has 0 bridgehead atoms.